The molecular weight excluding hydrogens is 539 g/mol. The van der Waals surface area contributed by atoms with Crippen LogP contribution >= 0.6 is 11.3 Å². The molecule has 0 bridgehead atoms. The van der Waals surface area contributed by atoms with E-state index in [4.69, 9.17) is 4.98 Å². The smallest absolute Gasteiger partial charge is 0.0709 e. The SMILES string of the molecule is c1cc(-c2ccc3sc4ccccc4c3c2)nc(-c2cc3c4ccccc4c4cccc5c6ccccc6c(c2)c3c45)c1. The van der Waals surface area contributed by atoms with Crippen LogP contribution in [-0.4, -0.2) is 4.98 Å². The second-order valence-corrected chi connectivity index (χ2v) is 12.6. The van der Waals surface area contributed by atoms with Crippen LogP contribution in [0.15, 0.2) is 140 Å². The molecule has 10 rings (SSSR count). The maximum atomic E-state index is 5.28. The van der Waals surface area contributed by atoms with E-state index in [1.807, 2.05) is 11.3 Å². The molecule has 0 aliphatic rings. The van der Waals surface area contributed by atoms with Gasteiger partial charge in [0.05, 0.1) is 11.4 Å². The minimum atomic E-state index is 0.992. The Morgan fingerprint density at radius 2 is 0.791 bits per heavy atom. The number of thiophene rings is 1. The van der Waals surface area contributed by atoms with E-state index < -0.39 is 0 Å². The molecule has 2 aromatic heterocycles. The summed E-state index contributed by atoms with van der Waals surface area (Å²) in [5, 5.41) is 15.7. The van der Waals surface area contributed by atoms with Gasteiger partial charge in [-0.1, -0.05) is 97.1 Å². The number of benzene rings is 8. The summed E-state index contributed by atoms with van der Waals surface area (Å²) in [4.78, 5) is 5.28. The van der Waals surface area contributed by atoms with Crippen molar-refractivity contribution in [2.24, 2.45) is 0 Å². The summed E-state index contributed by atoms with van der Waals surface area (Å²) in [5.74, 6) is 0. The first kappa shape index (κ1) is 23.3. The fourth-order valence-corrected chi connectivity index (χ4v) is 8.39. The normalized spacial score (nSPS) is 12.2. The monoisotopic (exact) mass is 561 g/mol. The summed E-state index contributed by atoms with van der Waals surface area (Å²) in [6.07, 6.45) is 0. The molecule has 0 amide bonds. The van der Waals surface area contributed by atoms with Crippen molar-refractivity contribution in [1.82, 2.24) is 4.98 Å². The Morgan fingerprint density at radius 1 is 0.326 bits per heavy atom. The van der Waals surface area contributed by atoms with Crippen LogP contribution in [0.1, 0.15) is 0 Å². The molecule has 43 heavy (non-hydrogen) atoms. The van der Waals surface area contributed by atoms with Gasteiger partial charge >= 0.3 is 0 Å². The third-order valence-corrected chi connectivity index (χ3v) is 10.3. The molecule has 0 atom stereocenters. The van der Waals surface area contributed by atoms with E-state index in [0.717, 1.165) is 22.5 Å². The van der Waals surface area contributed by atoms with Gasteiger partial charge in [-0.15, -0.1) is 11.3 Å². The topological polar surface area (TPSA) is 12.9 Å². The van der Waals surface area contributed by atoms with Gasteiger partial charge in [-0.3, -0.25) is 0 Å². The van der Waals surface area contributed by atoms with E-state index in [2.05, 4.69) is 140 Å². The number of nitrogens with zero attached hydrogens (tertiary/aromatic N) is 1. The molecule has 0 spiro atoms. The Hall–Kier alpha value is -5.31. The van der Waals surface area contributed by atoms with Crippen molar-refractivity contribution in [3.8, 4) is 22.5 Å². The number of aromatic nitrogens is 1. The maximum Gasteiger partial charge on any atom is 0.0709 e. The van der Waals surface area contributed by atoms with E-state index in [9.17, 15) is 0 Å². The molecule has 0 unspecified atom stereocenters. The van der Waals surface area contributed by atoms with Crippen molar-refractivity contribution >= 4 is 85.4 Å². The predicted octanol–water partition coefficient (Wildman–Crippen LogP) is 12.0. The molecule has 0 aliphatic carbocycles. The first-order valence-electron chi connectivity index (χ1n) is 14.7. The van der Waals surface area contributed by atoms with Crippen LogP contribution in [0.3, 0.4) is 0 Å². The largest absolute Gasteiger partial charge is 0.248 e. The molecule has 0 radical (unpaired) electrons. The van der Waals surface area contributed by atoms with Crippen LogP contribution in [0.4, 0.5) is 0 Å². The van der Waals surface area contributed by atoms with Crippen molar-refractivity contribution in [3.63, 3.8) is 0 Å². The Morgan fingerprint density at radius 3 is 1.47 bits per heavy atom. The molecule has 0 aliphatic heterocycles. The number of hydrogen-bond donors (Lipinski definition) is 0. The summed E-state index contributed by atoms with van der Waals surface area (Å²) in [7, 11) is 0. The highest BCUT2D eigenvalue weighted by Crippen LogP contribution is 2.46. The molecule has 2 heterocycles. The van der Waals surface area contributed by atoms with Crippen LogP contribution < -0.4 is 0 Å². The fraction of sp³-hybridized carbons (Fsp3) is 0. The third-order valence-electron chi connectivity index (χ3n) is 9.18. The summed E-state index contributed by atoms with van der Waals surface area (Å²) >= 11 is 1.85. The van der Waals surface area contributed by atoms with Crippen molar-refractivity contribution in [2.75, 3.05) is 0 Å². The Balaban J connectivity index is 1.27. The molecule has 198 valence electrons. The first-order valence-corrected chi connectivity index (χ1v) is 15.5. The minimum absolute atomic E-state index is 0.992. The van der Waals surface area contributed by atoms with Gasteiger partial charge in [0.1, 0.15) is 0 Å². The predicted molar refractivity (Wildman–Crippen MR) is 187 cm³/mol. The lowest BCUT2D eigenvalue weighted by Gasteiger charge is -2.18. The van der Waals surface area contributed by atoms with Crippen LogP contribution in [0.5, 0.6) is 0 Å². The van der Waals surface area contributed by atoms with Gasteiger partial charge in [0, 0.05) is 31.3 Å². The first-order chi connectivity index (χ1) is 21.3. The lowest BCUT2D eigenvalue weighted by molar-refractivity contribution is 1.33. The highest BCUT2D eigenvalue weighted by Gasteiger charge is 2.18. The Kier molecular flexibility index (Phi) is 4.66. The van der Waals surface area contributed by atoms with E-state index in [1.165, 1.54) is 74.0 Å². The summed E-state index contributed by atoms with van der Waals surface area (Å²) in [6, 6.07) is 51.1. The Bertz CT molecular complexity index is 2630. The molecule has 1 nitrogen and oxygen atoms in total. The summed E-state index contributed by atoms with van der Waals surface area (Å²) < 4.78 is 2.64. The maximum absolute atomic E-state index is 5.28. The highest BCUT2D eigenvalue weighted by molar-refractivity contribution is 7.25. The Labute approximate surface area is 251 Å². The van der Waals surface area contributed by atoms with E-state index in [-0.39, 0.29) is 0 Å². The second-order valence-electron chi connectivity index (χ2n) is 11.5. The van der Waals surface area contributed by atoms with Gasteiger partial charge < -0.3 is 0 Å². The molecule has 10 aromatic rings. The van der Waals surface area contributed by atoms with Gasteiger partial charge in [-0.2, -0.15) is 0 Å². The number of fused-ring (bicyclic) bond motifs is 9. The fourth-order valence-electron chi connectivity index (χ4n) is 7.30. The zero-order chi connectivity index (χ0) is 28.1. The van der Waals surface area contributed by atoms with Crippen molar-refractivity contribution in [1.29, 1.82) is 0 Å². The molecule has 8 aromatic carbocycles. The lowest BCUT2D eigenvalue weighted by Crippen LogP contribution is -1.92. The average Bonchev–Trinajstić information content (AvgIpc) is 3.46. The summed E-state index contributed by atoms with van der Waals surface area (Å²) in [5.41, 5.74) is 4.28. The zero-order valence-corrected chi connectivity index (χ0v) is 24.0. The quantitative estimate of drug-likeness (QED) is 0.151. The average molecular weight is 562 g/mol. The number of hydrogen-bond acceptors (Lipinski definition) is 2. The standard InChI is InChI=1S/C41H23NS/c1-3-11-28-26(9-1)31-14-7-15-32-27-10-2-4-12-29(27)35-23-25(22-34(28)41(35)40(31)32)37-17-8-16-36(42-37)24-19-20-39-33(21-24)30-13-5-6-18-38(30)43-39/h1-23H. The van der Waals surface area contributed by atoms with Gasteiger partial charge in [-0.25, -0.2) is 4.98 Å². The van der Waals surface area contributed by atoms with Crippen LogP contribution in [0.2, 0.25) is 0 Å². The second kappa shape index (κ2) is 8.61. The highest BCUT2D eigenvalue weighted by atomic mass is 32.1. The van der Waals surface area contributed by atoms with Crippen LogP contribution in [0, 0.1) is 0 Å². The number of rotatable bonds is 2. The van der Waals surface area contributed by atoms with E-state index in [1.54, 1.807) is 0 Å². The molecule has 0 fully saturated rings. The van der Waals surface area contributed by atoms with Gasteiger partial charge in [0.2, 0.25) is 0 Å². The van der Waals surface area contributed by atoms with Crippen molar-refractivity contribution in [3.05, 3.63) is 140 Å². The number of pyridine rings is 1. The van der Waals surface area contributed by atoms with Gasteiger partial charge in [0.15, 0.2) is 0 Å². The van der Waals surface area contributed by atoms with Gasteiger partial charge in [-0.05, 0) is 96.3 Å². The lowest BCUT2D eigenvalue weighted by atomic mass is 9.85. The molecular formula is C41H23NS. The van der Waals surface area contributed by atoms with Gasteiger partial charge in [0.25, 0.3) is 0 Å². The third kappa shape index (κ3) is 3.24. The molecule has 0 saturated carbocycles. The van der Waals surface area contributed by atoms with Crippen molar-refractivity contribution in [2.45, 2.75) is 0 Å². The van der Waals surface area contributed by atoms with E-state index >= 15 is 0 Å². The summed E-state index contributed by atoms with van der Waals surface area (Å²) in [6.45, 7) is 0. The van der Waals surface area contributed by atoms with Crippen molar-refractivity contribution < 1.29 is 0 Å². The molecule has 0 N–H and O–H groups in total. The molecule has 2 heteroatoms. The minimum Gasteiger partial charge on any atom is -0.248 e. The zero-order valence-electron chi connectivity index (χ0n) is 23.1. The molecule has 0 saturated heterocycles. The van der Waals surface area contributed by atoms with Crippen LogP contribution in [0.25, 0.3) is 96.5 Å². The van der Waals surface area contributed by atoms with Crippen LogP contribution in [-0.2, 0) is 0 Å². The van der Waals surface area contributed by atoms with E-state index in [0.29, 0.717) is 0 Å².